The molecule has 0 heterocycles. The fraction of sp³-hybridized carbons (Fsp3) is 0.727. The molecular weight excluding hydrogens is 176 g/mol. The molecule has 3 heteroatoms. The minimum absolute atomic E-state index is 0.217. The first kappa shape index (κ1) is 11.2. The van der Waals surface area contributed by atoms with Crippen molar-refractivity contribution in [1.82, 2.24) is 10.6 Å². The Labute approximate surface area is 86.0 Å². The summed E-state index contributed by atoms with van der Waals surface area (Å²) >= 11 is 0. The zero-order valence-corrected chi connectivity index (χ0v) is 8.88. The van der Waals surface area contributed by atoms with E-state index in [1.54, 1.807) is 0 Å². The summed E-state index contributed by atoms with van der Waals surface area (Å²) in [5.74, 6) is 0.444. The number of carbonyl (C=O) groups excluding carboxylic acids is 1. The molecular formula is C11H20N2O. The molecule has 1 rings (SSSR count). The van der Waals surface area contributed by atoms with Crippen LogP contribution < -0.4 is 10.6 Å². The Morgan fingerprint density at radius 3 is 2.93 bits per heavy atom. The average molecular weight is 196 g/mol. The van der Waals surface area contributed by atoms with Crippen LogP contribution in [0.4, 0.5) is 0 Å². The van der Waals surface area contributed by atoms with Crippen LogP contribution in [0.5, 0.6) is 0 Å². The van der Waals surface area contributed by atoms with Crippen molar-refractivity contribution in [3.05, 3.63) is 12.2 Å². The summed E-state index contributed by atoms with van der Waals surface area (Å²) in [6, 6.07) is 0. The molecule has 1 amide bonds. The number of rotatable bonds is 5. The van der Waals surface area contributed by atoms with Crippen molar-refractivity contribution < 1.29 is 4.79 Å². The van der Waals surface area contributed by atoms with Crippen molar-refractivity contribution in [3.63, 3.8) is 0 Å². The maximum atomic E-state index is 11.6. The van der Waals surface area contributed by atoms with Crippen molar-refractivity contribution in [2.24, 2.45) is 5.92 Å². The highest BCUT2D eigenvalue weighted by Crippen LogP contribution is 2.17. The van der Waals surface area contributed by atoms with Gasteiger partial charge in [-0.1, -0.05) is 12.2 Å². The van der Waals surface area contributed by atoms with Crippen LogP contribution in [0.25, 0.3) is 0 Å². The van der Waals surface area contributed by atoms with Crippen molar-refractivity contribution in [3.8, 4) is 0 Å². The van der Waals surface area contributed by atoms with Crippen LogP contribution in [-0.2, 0) is 4.79 Å². The third-order valence-electron chi connectivity index (χ3n) is 2.54. The maximum absolute atomic E-state index is 11.6. The van der Waals surface area contributed by atoms with Gasteiger partial charge in [0, 0.05) is 12.5 Å². The molecule has 1 unspecified atom stereocenters. The second kappa shape index (κ2) is 6.60. The lowest BCUT2D eigenvalue weighted by molar-refractivity contribution is -0.125. The number of nitrogens with one attached hydrogen (secondary N) is 2. The van der Waals surface area contributed by atoms with Crippen LogP contribution >= 0.6 is 0 Å². The molecule has 0 fully saturated rings. The molecule has 1 aliphatic rings. The second-order valence-electron chi connectivity index (χ2n) is 3.73. The molecule has 0 aromatic rings. The zero-order valence-electron chi connectivity index (χ0n) is 8.88. The molecule has 0 aromatic heterocycles. The minimum Gasteiger partial charge on any atom is -0.356 e. The molecule has 0 saturated carbocycles. The second-order valence-corrected chi connectivity index (χ2v) is 3.73. The Morgan fingerprint density at radius 2 is 2.29 bits per heavy atom. The fourth-order valence-corrected chi connectivity index (χ4v) is 1.65. The molecule has 1 atom stereocenters. The summed E-state index contributed by atoms with van der Waals surface area (Å²) in [7, 11) is 1.92. The van der Waals surface area contributed by atoms with Gasteiger partial charge in [-0.15, -0.1) is 0 Å². The number of carbonyl (C=O) groups is 1. The zero-order chi connectivity index (χ0) is 10.2. The van der Waals surface area contributed by atoms with Crippen molar-refractivity contribution in [2.45, 2.75) is 25.7 Å². The van der Waals surface area contributed by atoms with Crippen LogP contribution in [-0.4, -0.2) is 26.0 Å². The molecule has 14 heavy (non-hydrogen) atoms. The highest BCUT2D eigenvalue weighted by Gasteiger charge is 2.17. The van der Waals surface area contributed by atoms with Gasteiger partial charge in [-0.2, -0.15) is 0 Å². The first-order valence-corrected chi connectivity index (χ1v) is 5.42. The summed E-state index contributed by atoms with van der Waals surface area (Å²) in [4.78, 5) is 11.6. The van der Waals surface area contributed by atoms with Crippen molar-refractivity contribution >= 4 is 5.91 Å². The van der Waals surface area contributed by atoms with E-state index in [1.807, 2.05) is 7.05 Å². The minimum atomic E-state index is 0.217. The fourth-order valence-electron chi connectivity index (χ4n) is 1.65. The third kappa shape index (κ3) is 3.92. The lowest BCUT2D eigenvalue weighted by Gasteiger charge is -2.17. The Hall–Kier alpha value is -0.830. The molecule has 0 radical (unpaired) electrons. The van der Waals surface area contributed by atoms with Crippen molar-refractivity contribution in [2.75, 3.05) is 20.1 Å². The molecule has 0 aliphatic heterocycles. The topological polar surface area (TPSA) is 41.1 Å². The van der Waals surface area contributed by atoms with E-state index in [9.17, 15) is 4.79 Å². The summed E-state index contributed by atoms with van der Waals surface area (Å²) in [5.41, 5.74) is 0. The Morgan fingerprint density at radius 1 is 1.43 bits per heavy atom. The van der Waals surface area contributed by atoms with Crippen LogP contribution in [0.15, 0.2) is 12.2 Å². The Bertz CT molecular complexity index is 201. The number of hydrogen-bond acceptors (Lipinski definition) is 2. The smallest absolute Gasteiger partial charge is 0.223 e. The van der Waals surface area contributed by atoms with Crippen LogP contribution in [0, 0.1) is 5.92 Å². The van der Waals surface area contributed by atoms with E-state index in [4.69, 9.17) is 0 Å². The van der Waals surface area contributed by atoms with E-state index >= 15 is 0 Å². The quantitative estimate of drug-likeness (QED) is 0.510. The van der Waals surface area contributed by atoms with E-state index in [2.05, 4.69) is 22.8 Å². The average Bonchev–Trinajstić information content (AvgIpc) is 2.25. The van der Waals surface area contributed by atoms with Gasteiger partial charge in [0.15, 0.2) is 0 Å². The molecule has 80 valence electrons. The maximum Gasteiger partial charge on any atom is 0.223 e. The molecule has 2 N–H and O–H groups in total. The van der Waals surface area contributed by atoms with E-state index in [0.717, 1.165) is 38.8 Å². The summed E-state index contributed by atoms with van der Waals surface area (Å²) in [6.07, 6.45) is 8.25. The van der Waals surface area contributed by atoms with Crippen LogP contribution in [0.3, 0.4) is 0 Å². The highest BCUT2D eigenvalue weighted by molar-refractivity contribution is 5.78. The molecule has 3 nitrogen and oxygen atoms in total. The normalized spacial score (nSPS) is 20.8. The predicted octanol–water partition coefficient (Wildman–Crippen LogP) is 1.07. The van der Waals surface area contributed by atoms with Gasteiger partial charge in [0.2, 0.25) is 5.91 Å². The standard InChI is InChI=1S/C11H20N2O/c1-12-8-5-9-13-11(14)10-6-3-2-4-7-10/h2-3,10,12H,4-9H2,1H3,(H,13,14). The summed E-state index contributed by atoms with van der Waals surface area (Å²) < 4.78 is 0. The largest absolute Gasteiger partial charge is 0.356 e. The van der Waals surface area contributed by atoms with Gasteiger partial charge in [0.25, 0.3) is 0 Å². The van der Waals surface area contributed by atoms with Gasteiger partial charge >= 0.3 is 0 Å². The van der Waals surface area contributed by atoms with Gasteiger partial charge < -0.3 is 10.6 Å². The van der Waals surface area contributed by atoms with E-state index in [1.165, 1.54) is 0 Å². The predicted molar refractivity (Wildman–Crippen MR) is 58.0 cm³/mol. The third-order valence-corrected chi connectivity index (χ3v) is 2.54. The van der Waals surface area contributed by atoms with Gasteiger partial charge in [-0.25, -0.2) is 0 Å². The number of amides is 1. The lowest BCUT2D eigenvalue weighted by Crippen LogP contribution is -2.32. The molecule has 1 aliphatic carbocycles. The van der Waals surface area contributed by atoms with Crippen molar-refractivity contribution in [1.29, 1.82) is 0 Å². The van der Waals surface area contributed by atoms with Gasteiger partial charge in [-0.3, -0.25) is 4.79 Å². The summed E-state index contributed by atoms with van der Waals surface area (Å²) in [6.45, 7) is 1.75. The van der Waals surface area contributed by atoms with E-state index in [0.29, 0.717) is 0 Å². The monoisotopic (exact) mass is 196 g/mol. The molecule has 0 saturated heterocycles. The number of hydrogen-bond donors (Lipinski definition) is 2. The van der Waals surface area contributed by atoms with Crippen LogP contribution in [0.1, 0.15) is 25.7 Å². The summed E-state index contributed by atoms with van der Waals surface area (Å²) in [5, 5.41) is 6.03. The van der Waals surface area contributed by atoms with Gasteiger partial charge in [-0.05, 0) is 39.3 Å². The molecule has 0 aromatic carbocycles. The first-order chi connectivity index (χ1) is 6.84. The SMILES string of the molecule is CNCCCNC(=O)C1CC=CCC1. The van der Waals surface area contributed by atoms with Crippen LogP contribution in [0.2, 0.25) is 0 Å². The Balaban J connectivity index is 2.11. The van der Waals surface area contributed by atoms with E-state index in [-0.39, 0.29) is 11.8 Å². The highest BCUT2D eigenvalue weighted by atomic mass is 16.1. The van der Waals surface area contributed by atoms with E-state index < -0.39 is 0 Å². The Kier molecular flexibility index (Phi) is 5.30. The van der Waals surface area contributed by atoms with Gasteiger partial charge in [0.05, 0.1) is 0 Å². The van der Waals surface area contributed by atoms with Gasteiger partial charge in [0.1, 0.15) is 0 Å². The lowest BCUT2D eigenvalue weighted by atomic mass is 9.94. The first-order valence-electron chi connectivity index (χ1n) is 5.42. The molecule has 0 bridgehead atoms. The molecule has 0 spiro atoms. The number of allylic oxidation sites excluding steroid dienone is 2.